The third kappa shape index (κ3) is 3.76. The maximum Gasteiger partial charge on any atom is 0.188 e. The monoisotopic (exact) mass is 343 g/mol. The molecule has 0 aromatic heterocycles. The van der Waals surface area contributed by atoms with Crippen LogP contribution in [-0.2, 0) is 16.3 Å². The highest BCUT2D eigenvalue weighted by molar-refractivity contribution is 7.91. The third-order valence-corrected chi connectivity index (χ3v) is 6.04. The van der Waals surface area contributed by atoms with Gasteiger partial charge in [0, 0.05) is 12.5 Å². The number of nitrogens with zero attached hydrogens (tertiary/aromatic N) is 1. The Balaban J connectivity index is 1.56. The molecule has 1 unspecified atom stereocenters. The number of hydrogen-bond donors (Lipinski definition) is 2. The number of aliphatic imine (C=N–C) groups is 1. The molecule has 2 aromatic rings. The van der Waals surface area contributed by atoms with E-state index in [2.05, 4.69) is 22.4 Å². The number of rotatable bonds is 5. The van der Waals surface area contributed by atoms with Gasteiger partial charge in [-0.2, -0.15) is 0 Å². The summed E-state index contributed by atoms with van der Waals surface area (Å²) >= 11 is 0. The van der Waals surface area contributed by atoms with Gasteiger partial charge in [0.25, 0.3) is 0 Å². The zero-order chi connectivity index (χ0) is 17.0. The molecule has 0 spiro atoms. The van der Waals surface area contributed by atoms with E-state index in [9.17, 15) is 8.42 Å². The summed E-state index contributed by atoms with van der Waals surface area (Å²) in [4.78, 5) is 4.75. The number of nitrogens with one attached hydrogen (secondary N) is 1. The van der Waals surface area contributed by atoms with E-state index in [1.165, 1.54) is 5.56 Å². The van der Waals surface area contributed by atoms with Gasteiger partial charge in [-0.25, -0.2) is 8.42 Å². The number of fused-ring (bicyclic) bond motifs is 1. The van der Waals surface area contributed by atoms with Gasteiger partial charge in [0.1, 0.15) is 0 Å². The fourth-order valence-electron chi connectivity index (χ4n) is 2.94. The van der Waals surface area contributed by atoms with Crippen LogP contribution in [-0.4, -0.2) is 33.2 Å². The minimum atomic E-state index is -3.19. The topological polar surface area (TPSA) is 84.5 Å². The summed E-state index contributed by atoms with van der Waals surface area (Å²) in [6, 6.07) is 17.3. The molecular formula is C18H21N3O2S. The molecule has 0 aliphatic carbocycles. The molecule has 0 radical (unpaired) electrons. The van der Waals surface area contributed by atoms with Crippen molar-refractivity contribution >= 4 is 15.8 Å². The molecule has 0 fully saturated rings. The molecule has 3 rings (SSSR count). The molecular weight excluding hydrogens is 322 g/mol. The molecule has 0 saturated heterocycles. The van der Waals surface area contributed by atoms with Crippen LogP contribution in [0.3, 0.4) is 0 Å². The zero-order valence-electron chi connectivity index (χ0n) is 13.4. The Morgan fingerprint density at radius 1 is 1.12 bits per heavy atom. The van der Waals surface area contributed by atoms with Crippen molar-refractivity contribution in [2.24, 2.45) is 10.7 Å². The molecule has 5 nitrogen and oxygen atoms in total. The Morgan fingerprint density at radius 2 is 1.83 bits per heavy atom. The van der Waals surface area contributed by atoms with Crippen molar-refractivity contribution in [1.82, 2.24) is 5.32 Å². The Labute approximate surface area is 142 Å². The van der Waals surface area contributed by atoms with Crippen molar-refractivity contribution in [3.63, 3.8) is 0 Å². The van der Waals surface area contributed by atoms with Crippen LogP contribution in [0.2, 0.25) is 0 Å². The van der Waals surface area contributed by atoms with E-state index in [1.807, 2.05) is 30.3 Å². The number of guanidine groups is 1. The first-order chi connectivity index (χ1) is 11.6. The number of nitrogens with two attached hydrogens (primary N) is 1. The van der Waals surface area contributed by atoms with E-state index in [4.69, 9.17) is 5.73 Å². The molecule has 3 N–H and O–H groups in total. The molecule has 2 aromatic carbocycles. The zero-order valence-corrected chi connectivity index (χ0v) is 14.2. The Kier molecular flexibility index (Phi) is 4.85. The summed E-state index contributed by atoms with van der Waals surface area (Å²) in [5.41, 5.74) is 7.97. The molecule has 1 heterocycles. The highest BCUT2D eigenvalue weighted by Crippen LogP contribution is 2.34. The lowest BCUT2D eigenvalue weighted by Crippen LogP contribution is -2.33. The Morgan fingerprint density at radius 3 is 2.62 bits per heavy atom. The van der Waals surface area contributed by atoms with Gasteiger partial charge in [-0.3, -0.25) is 4.99 Å². The van der Waals surface area contributed by atoms with Crippen molar-refractivity contribution in [1.29, 1.82) is 0 Å². The summed E-state index contributed by atoms with van der Waals surface area (Å²) in [6.45, 7) is 1.07. The summed E-state index contributed by atoms with van der Waals surface area (Å²) in [5.74, 6) is 0.334. The second kappa shape index (κ2) is 7.05. The van der Waals surface area contributed by atoms with Gasteiger partial charge in [-0.05, 0) is 23.6 Å². The largest absolute Gasteiger partial charge is 0.370 e. The maximum atomic E-state index is 12.1. The second-order valence-electron chi connectivity index (χ2n) is 5.90. The van der Waals surface area contributed by atoms with Crippen LogP contribution in [0, 0.1) is 0 Å². The van der Waals surface area contributed by atoms with E-state index in [0.29, 0.717) is 23.9 Å². The van der Waals surface area contributed by atoms with Crippen LogP contribution in [0.25, 0.3) is 0 Å². The first kappa shape index (κ1) is 16.5. The highest BCUT2D eigenvalue weighted by Gasteiger charge is 2.33. The van der Waals surface area contributed by atoms with Crippen molar-refractivity contribution in [3.8, 4) is 0 Å². The number of benzene rings is 2. The minimum Gasteiger partial charge on any atom is -0.370 e. The SMILES string of the molecule is NC(=NCC1CS(=O)(=O)c2ccccc21)NCCc1ccccc1. The normalized spacial score (nSPS) is 19.0. The molecule has 0 bridgehead atoms. The van der Waals surface area contributed by atoms with E-state index in [0.717, 1.165) is 12.0 Å². The predicted octanol–water partition coefficient (Wildman–Crippen LogP) is 1.70. The van der Waals surface area contributed by atoms with Crippen LogP contribution in [0.4, 0.5) is 0 Å². The average Bonchev–Trinajstić information content (AvgIpc) is 2.85. The Hall–Kier alpha value is -2.34. The summed E-state index contributed by atoms with van der Waals surface area (Å²) in [7, 11) is -3.19. The van der Waals surface area contributed by atoms with Crippen molar-refractivity contribution in [3.05, 3.63) is 65.7 Å². The first-order valence-electron chi connectivity index (χ1n) is 7.95. The molecule has 6 heteroatoms. The van der Waals surface area contributed by atoms with E-state index >= 15 is 0 Å². The van der Waals surface area contributed by atoms with Crippen molar-refractivity contribution in [2.75, 3.05) is 18.8 Å². The van der Waals surface area contributed by atoms with Gasteiger partial charge in [0.15, 0.2) is 15.8 Å². The molecule has 0 saturated carbocycles. The van der Waals surface area contributed by atoms with Crippen molar-refractivity contribution < 1.29 is 8.42 Å². The molecule has 1 aliphatic heterocycles. The predicted molar refractivity (Wildman–Crippen MR) is 95.9 cm³/mol. The van der Waals surface area contributed by atoms with Gasteiger partial charge in [-0.1, -0.05) is 48.5 Å². The highest BCUT2D eigenvalue weighted by atomic mass is 32.2. The van der Waals surface area contributed by atoms with Crippen LogP contribution < -0.4 is 11.1 Å². The van der Waals surface area contributed by atoms with Gasteiger partial charge < -0.3 is 11.1 Å². The fourth-order valence-corrected chi connectivity index (χ4v) is 4.81. The summed E-state index contributed by atoms with van der Waals surface area (Å²) in [6.07, 6.45) is 0.859. The van der Waals surface area contributed by atoms with E-state index in [1.54, 1.807) is 12.1 Å². The average molecular weight is 343 g/mol. The maximum absolute atomic E-state index is 12.1. The number of sulfone groups is 1. The van der Waals surface area contributed by atoms with E-state index in [-0.39, 0.29) is 11.7 Å². The van der Waals surface area contributed by atoms with E-state index < -0.39 is 9.84 Å². The molecule has 1 aliphatic rings. The first-order valence-corrected chi connectivity index (χ1v) is 9.61. The minimum absolute atomic E-state index is 0.104. The number of hydrogen-bond acceptors (Lipinski definition) is 3. The molecule has 0 amide bonds. The Bertz CT molecular complexity index is 832. The quantitative estimate of drug-likeness (QED) is 0.639. The lowest BCUT2D eigenvalue weighted by Gasteiger charge is -2.09. The lowest BCUT2D eigenvalue weighted by molar-refractivity contribution is 0.597. The summed E-state index contributed by atoms with van der Waals surface area (Å²) < 4.78 is 24.3. The van der Waals surface area contributed by atoms with Crippen LogP contribution in [0.5, 0.6) is 0 Å². The fraction of sp³-hybridized carbons (Fsp3) is 0.278. The molecule has 1 atom stereocenters. The van der Waals surface area contributed by atoms with Gasteiger partial charge >= 0.3 is 0 Å². The van der Waals surface area contributed by atoms with Gasteiger partial charge in [0.2, 0.25) is 0 Å². The summed E-state index contributed by atoms with van der Waals surface area (Å²) in [5, 5.41) is 3.08. The lowest BCUT2D eigenvalue weighted by atomic mass is 10.0. The van der Waals surface area contributed by atoms with Gasteiger partial charge in [0.05, 0.1) is 17.2 Å². The van der Waals surface area contributed by atoms with Crippen LogP contribution in [0.1, 0.15) is 17.0 Å². The van der Waals surface area contributed by atoms with Gasteiger partial charge in [-0.15, -0.1) is 0 Å². The third-order valence-electron chi connectivity index (χ3n) is 4.16. The molecule has 126 valence electrons. The van der Waals surface area contributed by atoms with Crippen molar-refractivity contribution in [2.45, 2.75) is 17.2 Å². The van der Waals surface area contributed by atoms with Crippen LogP contribution >= 0.6 is 0 Å². The smallest absolute Gasteiger partial charge is 0.188 e. The second-order valence-corrected chi connectivity index (χ2v) is 7.91. The molecule has 24 heavy (non-hydrogen) atoms. The van der Waals surface area contributed by atoms with Crippen LogP contribution in [0.15, 0.2) is 64.5 Å². The standard InChI is InChI=1S/C18H21N3O2S/c19-18(20-11-10-14-6-2-1-3-7-14)21-12-15-13-24(22,23)17-9-5-4-8-16(15)17/h1-9,15H,10-13H2,(H3,19,20,21).